The predicted molar refractivity (Wildman–Crippen MR) is 157 cm³/mol. The number of ether oxygens (including phenoxy) is 1. The molecule has 0 radical (unpaired) electrons. The number of alkyl halides is 2. The highest BCUT2D eigenvalue weighted by atomic mass is 35.5. The Morgan fingerprint density at radius 2 is 1.87 bits per heavy atom. The van der Waals surface area contributed by atoms with Crippen LogP contribution in [0.25, 0.3) is 11.3 Å². The molecule has 240 valence electrons. The summed E-state index contributed by atoms with van der Waals surface area (Å²) in [6, 6.07) is 6.28. The number of amides is 3. The van der Waals surface area contributed by atoms with Gasteiger partial charge in [0.1, 0.15) is 0 Å². The fourth-order valence-corrected chi connectivity index (χ4v) is 5.80. The van der Waals surface area contributed by atoms with Crippen molar-refractivity contribution in [1.29, 1.82) is 0 Å². The molecule has 5 rings (SSSR count). The lowest BCUT2D eigenvalue weighted by Gasteiger charge is -2.31. The van der Waals surface area contributed by atoms with Gasteiger partial charge in [-0.3, -0.25) is 14.4 Å². The van der Waals surface area contributed by atoms with Crippen LogP contribution >= 0.6 is 11.6 Å². The zero-order valence-electron chi connectivity index (χ0n) is 24.2. The van der Waals surface area contributed by atoms with Gasteiger partial charge < -0.3 is 30.2 Å². The van der Waals surface area contributed by atoms with Crippen LogP contribution in [-0.2, 0) is 11.8 Å². The molecule has 2 aliphatic rings. The number of nitrogens with one attached hydrogen (secondary N) is 3. The number of anilines is 1. The van der Waals surface area contributed by atoms with E-state index in [0.29, 0.717) is 38.4 Å². The number of benzene rings is 2. The Balaban J connectivity index is 1.19. The fraction of sp³-hybridized carbons (Fsp3) is 0.400. The molecule has 1 atom stereocenters. The van der Waals surface area contributed by atoms with Crippen molar-refractivity contribution in [3.05, 3.63) is 64.6 Å². The molecule has 3 amide bonds. The van der Waals surface area contributed by atoms with Gasteiger partial charge >= 0.3 is 6.61 Å². The molecule has 1 aromatic heterocycles. The molecule has 3 N–H and O–H groups in total. The summed E-state index contributed by atoms with van der Waals surface area (Å²) >= 11 is 6.42. The van der Waals surface area contributed by atoms with Gasteiger partial charge in [0.25, 0.3) is 11.8 Å². The molecule has 2 fully saturated rings. The molecule has 0 bridgehead atoms. The smallest absolute Gasteiger partial charge is 0.387 e. The third kappa shape index (κ3) is 7.22. The van der Waals surface area contributed by atoms with E-state index >= 15 is 0 Å². The van der Waals surface area contributed by atoms with Crippen LogP contribution in [0.1, 0.15) is 40.2 Å². The Morgan fingerprint density at radius 3 is 2.53 bits per heavy atom. The summed E-state index contributed by atoms with van der Waals surface area (Å²) in [6.07, 6.45) is 3.27. The van der Waals surface area contributed by atoms with Crippen molar-refractivity contribution in [1.82, 2.24) is 25.1 Å². The summed E-state index contributed by atoms with van der Waals surface area (Å²) in [5.41, 5.74) is 0.180. The molecule has 0 aliphatic carbocycles. The Hall–Kier alpha value is -4.17. The highest BCUT2D eigenvalue weighted by Gasteiger charge is 2.29. The second kappa shape index (κ2) is 13.9. The minimum Gasteiger partial charge on any atom is -0.432 e. The maximum atomic E-state index is 14.6. The van der Waals surface area contributed by atoms with Gasteiger partial charge in [-0.1, -0.05) is 11.6 Å². The largest absolute Gasteiger partial charge is 0.432 e. The van der Waals surface area contributed by atoms with Gasteiger partial charge in [-0.15, -0.1) is 0 Å². The van der Waals surface area contributed by atoms with Crippen LogP contribution in [0, 0.1) is 23.5 Å². The molecule has 2 aliphatic heterocycles. The maximum Gasteiger partial charge on any atom is 0.387 e. The minimum atomic E-state index is -3.33. The first kappa shape index (κ1) is 32.2. The van der Waals surface area contributed by atoms with Crippen LogP contribution < -0.4 is 20.7 Å². The summed E-state index contributed by atoms with van der Waals surface area (Å²) in [5.74, 6) is -4.86. The second-order valence-corrected chi connectivity index (χ2v) is 11.4. The standard InChI is InChI=1S/C30H31ClF4N6O4/c1-40-22(20-4-5-23(45-30(34)35)25(33)24(20)32)15-37-26(40)28(43)39-18-2-3-19(21(31)12-18)29(44)41-10-7-17(8-11-41)27(42)38-14-16-6-9-36-13-16/h2-5,12,15-17,30,36H,6-11,13-14H2,1H3,(H,38,42)(H,39,43)/t16-/m0/s1. The van der Waals surface area contributed by atoms with Crippen molar-refractivity contribution in [2.45, 2.75) is 25.9 Å². The minimum absolute atomic E-state index is 0.00601. The number of nitrogens with zero attached hydrogens (tertiary/aromatic N) is 3. The fourth-order valence-electron chi connectivity index (χ4n) is 5.53. The lowest BCUT2D eigenvalue weighted by Crippen LogP contribution is -2.44. The van der Waals surface area contributed by atoms with Crippen LogP contribution in [0.2, 0.25) is 5.02 Å². The third-order valence-corrected chi connectivity index (χ3v) is 8.38. The molecule has 3 heterocycles. The zero-order valence-corrected chi connectivity index (χ0v) is 25.0. The van der Waals surface area contributed by atoms with Crippen molar-refractivity contribution >= 4 is 35.0 Å². The first-order chi connectivity index (χ1) is 21.5. The van der Waals surface area contributed by atoms with Gasteiger partial charge in [-0.25, -0.2) is 9.37 Å². The molecule has 10 nitrogen and oxygen atoms in total. The van der Waals surface area contributed by atoms with Crippen molar-refractivity contribution in [3.8, 4) is 17.0 Å². The van der Waals surface area contributed by atoms with Crippen LogP contribution in [0.5, 0.6) is 5.75 Å². The van der Waals surface area contributed by atoms with Gasteiger partial charge in [0, 0.05) is 43.9 Å². The average molecular weight is 651 g/mol. The number of likely N-dealkylation sites (tertiary alicyclic amines) is 1. The normalized spacial score (nSPS) is 17.0. The predicted octanol–water partition coefficient (Wildman–Crippen LogP) is 4.45. The summed E-state index contributed by atoms with van der Waals surface area (Å²) in [5, 5.41) is 9.02. The number of rotatable bonds is 9. The summed E-state index contributed by atoms with van der Waals surface area (Å²) in [6.45, 7) is 0.00652. The Morgan fingerprint density at radius 1 is 1.11 bits per heavy atom. The Bertz CT molecular complexity index is 1590. The Kier molecular flexibility index (Phi) is 9.93. The van der Waals surface area contributed by atoms with E-state index in [0.717, 1.165) is 37.8 Å². The second-order valence-electron chi connectivity index (χ2n) is 11.0. The van der Waals surface area contributed by atoms with E-state index in [1.54, 1.807) is 4.90 Å². The van der Waals surface area contributed by atoms with E-state index < -0.39 is 29.9 Å². The van der Waals surface area contributed by atoms with Crippen LogP contribution in [0.3, 0.4) is 0 Å². The molecule has 2 aromatic carbocycles. The van der Waals surface area contributed by atoms with Crippen LogP contribution in [-0.4, -0.2) is 71.5 Å². The molecule has 45 heavy (non-hydrogen) atoms. The van der Waals surface area contributed by atoms with Gasteiger partial charge in [-0.05, 0) is 68.6 Å². The Labute approximate surface area is 261 Å². The first-order valence-corrected chi connectivity index (χ1v) is 14.7. The third-order valence-electron chi connectivity index (χ3n) is 8.07. The summed E-state index contributed by atoms with van der Waals surface area (Å²) in [7, 11) is 1.40. The zero-order chi connectivity index (χ0) is 32.2. The van der Waals surface area contributed by atoms with Crippen molar-refractivity contribution in [2.24, 2.45) is 18.9 Å². The number of hydrogen-bond acceptors (Lipinski definition) is 6. The number of imidazole rings is 1. The lowest BCUT2D eigenvalue weighted by atomic mass is 9.95. The van der Waals surface area contributed by atoms with Crippen molar-refractivity contribution in [3.63, 3.8) is 0 Å². The lowest BCUT2D eigenvalue weighted by molar-refractivity contribution is -0.126. The first-order valence-electron chi connectivity index (χ1n) is 14.4. The molecule has 0 saturated carbocycles. The van der Waals surface area contributed by atoms with E-state index in [1.165, 1.54) is 29.8 Å². The van der Waals surface area contributed by atoms with Gasteiger partial charge in [0.2, 0.25) is 11.7 Å². The number of piperidine rings is 1. The molecule has 2 saturated heterocycles. The van der Waals surface area contributed by atoms with Gasteiger partial charge in [-0.2, -0.15) is 13.2 Å². The van der Waals surface area contributed by atoms with Gasteiger partial charge in [0.15, 0.2) is 17.4 Å². The average Bonchev–Trinajstić information content (AvgIpc) is 3.68. The van der Waals surface area contributed by atoms with E-state index in [1.807, 2.05) is 0 Å². The highest BCUT2D eigenvalue weighted by Crippen LogP contribution is 2.31. The monoisotopic (exact) mass is 650 g/mol. The molecule has 15 heteroatoms. The summed E-state index contributed by atoms with van der Waals surface area (Å²) < 4.78 is 59.0. The van der Waals surface area contributed by atoms with Crippen molar-refractivity contribution in [2.75, 3.05) is 38.0 Å². The molecule has 3 aromatic rings. The number of hydrogen-bond donors (Lipinski definition) is 3. The van der Waals surface area contributed by atoms with E-state index in [-0.39, 0.29) is 51.1 Å². The molecular weight excluding hydrogens is 620 g/mol. The highest BCUT2D eigenvalue weighted by molar-refractivity contribution is 6.34. The maximum absolute atomic E-state index is 14.6. The molecule has 0 unspecified atom stereocenters. The topological polar surface area (TPSA) is 118 Å². The van der Waals surface area contributed by atoms with Crippen LogP contribution in [0.4, 0.5) is 23.2 Å². The van der Waals surface area contributed by atoms with E-state index in [4.69, 9.17) is 11.6 Å². The van der Waals surface area contributed by atoms with Gasteiger partial charge in [0.05, 0.1) is 22.5 Å². The number of halogens is 5. The number of carbonyl (C=O) groups is 3. The summed E-state index contributed by atoms with van der Waals surface area (Å²) in [4.78, 5) is 44.4. The molecule has 0 spiro atoms. The number of carbonyl (C=O) groups excluding carboxylic acids is 3. The SMILES string of the molecule is Cn1c(-c2ccc(OC(F)F)c(F)c2F)cnc1C(=O)Nc1ccc(C(=O)N2CCC(C(=O)NC[C@H]3CCNC3)CC2)c(Cl)c1. The van der Waals surface area contributed by atoms with E-state index in [9.17, 15) is 31.9 Å². The quantitative estimate of drug-likeness (QED) is 0.295. The number of aromatic nitrogens is 2. The van der Waals surface area contributed by atoms with Crippen LogP contribution in [0.15, 0.2) is 36.5 Å². The van der Waals surface area contributed by atoms with Crippen molar-refractivity contribution < 1.29 is 36.7 Å². The molecular formula is C30H31ClF4N6O4. The van der Waals surface area contributed by atoms with E-state index in [2.05, 4.69) is 25.7 Å².